The van der Waals surface area contributed by atoms with Crippen molar-refractivity contribution in [1.82, 2.24) is 5.32 Å². The van der Waals surface area contributed by atoms with Crippen LogP contribution >= 0.6 is 0 Å². The molecule has 2 rings (SSSR count). The van der Waals surface area contributed by atoms with E-state index >= 15 is 0 Å². The number of halogens is 2. The maximum absolute atomic E-state index is 12.5. The molecule has 1 aromatic carbocycles. The van der Waals surface area contributed by atoms with Gasteiger partial charge in [0, 0.05) is 24.8 Å². The van der Waals surface area contributed by atoms with Crippen molar-refractivity contribution in [3.8, 4) is 0 Å². The molecular weight excluding hydrogens is 298 g/mol. The molecule has 0 aromatic heterocycles. The molecule has 0 amide bonds. The Hall–Kier alpha value is -1.21. The van der Waals surface area contributed by atoms with Gasteiger partial charge in [0.1, 0.15) is 0 Å². The molecule has 1 aliphatic heterocycles. The average Bonchev–Trinajstić information content (AvgIpc) is 2.98. The Labute approximate surface area is 124 Å². The molecule has 1 aromatic rings. The first-order chi connectivity index (χ1) is 9.96. The van der Waals surface area contributed by atoms with Crippen LogP contribution < -0.4 is 10.2 Å². The SMILES string of the molecule is CCCN(c1ccc(S(=O)(=O)C(F)F)cc1)C1CCNC1. The Balaban J connectivity index is 2.23. The van der Waals surface area contributed by atoms with E-state index in [0.29, 0.717) is 6.04 Å². The molecule has 1 aliphatic rings. The molecular formula is C14H20F2N2O2S. The summed E-state index contributed by atoms with van der Waals surface area (Å²) in [5.74, 6) is -3.38. The number of alkyl halides is 2. The number of benzene rings is 1. The van der Waals surface area contributed by atoms with Crippen LogP contribution in [0, 0.1) is 0 Å². The van der Waals surface area contributed by atoms with Crippen molar-refractivity contribution in [2.75, 3.05) is 24.5 Å². The minimum Gasteiger partial charge on any atom is -0.367 e. The van der Waals surface area contributed by atoms with Crippen LogP contribution in [0.15, 0.2) is 29.2 Å². The molecule has 0 aliphatic carbocycles. The topological polar surface area (TPSA) is 49.4 Å². The van der Waals surface area contributed by atoms with Crippen LogP contribution in [0.3, 0.4) is 0 Å². The summed E-state index contributed by atoms with van der Waals surface area (Å²) in [5.41, 5.74) is 0.874. The second-order valence-electron chi connectivity index (χ2n) is 5.14. The zero-order valence-corrected chi connectivity index (χ0v) is 12.7. The number of nitrogens with one attached hydrogen (secondary N) is 1. The molecule has 0 saturated carbocycles. The average molecular weight is 318 g/mol. The minimum absolute atomic E-state index is 0.331. The molecule has 118 valence electrons. The second-order valence-corrected chi connectivity index (χ2v) is 7.06. The maximum Gasteiger partial charge on any atom is 0.341 e. The lowest BCUT2D eigenvalue weighted by Crippen LogP contribution is -2.37. The molecule has 4 nitrogen and oxygen atoms in total. The van der Waals surface area contributed by atoms with Crippen molar-refractivity contribution < 1.29 is 17.2 Å². The zero-order valence-electron chi connectivity index (χ0n) is 11.9. The Morgan fingerprint density at radius 2 is 2.00 bits per heavy atom. The van der Waals surface area contributed by atoms with Crippen LogP contribution in [0.25, 0.3) is 0 Å². The van der Waals surface area contributed by atoms with E-state index in [1.807, 2.05) is 0 Å². The summed E-state index contributed by atoms with van der Waals surface area (Å²) in [6.07, 6.45) is 1.99. The van der Waals surface area contributed by atoms with Gasteiger partial charge in [-0.3, -0.25) is 0 Å². The largest absolute Gasteiger partial charge is 0.367 e. The zero-order chi connectivity index (χ0) is 15.5. The van der Waals surface area contributed by atoms with E-state index in [4.69, 9.17) is 0 Å². The van der Waals surface area contributed by atoms with Gasteiger partial charge >= 0.3 is 5.76 Å². The van der Waals surface area contributed by atoms with Gasteiger partial charge in [-0.1, -0.05) is 6.92 Å². The molecule has 21 heavy (non-hydrogen) atoms. The van der Waals surface area contributed by atoms with E-state index in [9.17, 15) is 17.2 Å². The second kappa shape index (κ2) is 6.70. The quantitative estimate of drug-likeness (QED) is 0.874. The van der Waals surface area contributed by atoms with Gasteiger partial charge in [-0.2, -0.15) is 8.78 Å². The predicted molar refractivity (Wildman–Crippen MR) is 78.5 cm³/mol. The van der Waals surface area contributed by atoms with Gasteiger partial charge in [0.2, 0.25) is 9.84 Å². The molecule has 1 N–H and O–H groups in total. The van der Waals surface area contributed by atoms with Crippen molar-refractivity contribution >= 4 is 15.5 Å². The lowest BCUT2D eigenvalue weighted by atomic mass is 10.1. The Kier molecular flexibility index (Phi) is 5.16. The van der Waals surface area contributed by atoms with Crippen LogP contribution in [-0.4, -0.2) is 39.9 Å². The lowest BCUT2D eigenvalue weighted by molar-refractivity contribution is 0.234. The summed E-state index contributed by atoms with van der Waals surface area (Å²) >= 11 is 0. The Morgan fingerprint density at radius 3 is 2.48 bits per heavy atom. The van der Waals surface area contributed by atoms with Crippen molar-refractivity contribution in [2.45, 2.75) is 36.5 Å². The summed E-state index contributed by atoms with van der Waals surface area (Å²) in [5, 5.41) is 3.29. The van der Waals surface area contributed by atoms with Crippen LogP contribution in [0.2, 0.25) is 0 Å². The third-order valence-corrected chi connectivity index (χ3v) is 5.07. The summed E-state index contributed by atoms with van der Waals surface area (Å²) < 4.78 is 47.9. The highest BCUT2D eigenvalue weighted by atomic mass is 32.2. The van der Waals surface area contributed by atoms with Crippen molar-refractivity contribution in [2.24, 2.45) is 0 Å². The van der Waals surface area contributed by atoms with Crippen LogP contribution in [0.5, 0.6) is 0 Å². The van der Waals surface area contributed by atoms with E-state index < -0.39 is 15.6 Å². The van der Waals surface area contributed by atoms with Crippen molar-refractivity contribution in [3.63, 3.8) is 0 Å². The number of hydrogen-bond acceptors (Lipinski definition) is 4. The molecule has 1 fully saturated rings. The molecule has 1 heterocycles. The highest BCUT2D eigenvalue weighted by Crippen LogP contribution is 2.25. The Bertz CT molecular complexity index is 555. The summed E-state index contributed by atoms with van der Waals surface area (Å²) in [6, 6.07) is 6.12. The monoisotopic (exact) mass is 318 g/mol. The highest BCUT2D eigenvalue weighted by molar-refractivity contribution is 7.91. The van der Waals surface area contributed by atoms with E-state index in [1.54, 1.807) is 12.1 Å². The third-order valence-electron chi connectivity index (χ3n) is 3.67. The number of nitrogens with zero attached hydrogens (tertiary/aromatic N) is 1. The molecule has 7 heteroatoms. The standard InChI is InChI=1S/C14H20F2N2O2S/c1-2-9-18(12-7-8-17-10-12)11-3-5-13(6-4-11)21(19,20)14(15)16/h3-6,12,14,17H,2,7-10H2,1H3. The van der Waals surface area contributed by atoms with Crippen LogP contribution in [0.4, 0.5) is 14.5 Å². The van der Waals surface area contributed by atoms with Gasteiger partial charge in [-0.25, -0.2) is 8.42 Å². The van der Waals surface area contributed by atoms with Crippen molar-refractivity contribution in [1.29, 1.82) is 0 Å². The van der Waals surface area contributed by atoms with Crippen LogP contribution in [-0.2, 0) is 9.84 Å². The first-order valence-corrected chi connectivity index (χ1v) is 8.61. The molecule has 0 spiro atoms. The number of hydrogen-bond donors (Lipinski definition) is 1. The fourth-order valence-corrected chi connectivity index (χ4v) is 3.32. The van der Waals surface area contributed by atoms with Gasteiger partial charge in [0.05, 0.1) is 4.90 Å². The van der Waals surface area contributed by atoms with Gasteiger partial charge in [0.25, 0.3) is 0 Å². The number of rotatable bonds is 6. The highest BCUT2D eigenvalue weighted by Gasteiger charge is 2.27. The van der Waals surface area contributed by atoms with Gasteiger partial charge in [0.15, 0.2) is 0 Å². The fourth-order valence-electron chi connectivity index (χ4n) is 2.60. The van der Waals surface area contributed by atoms with Gasteiger partial charge in [-0.15, -0.1) is 0 Å². The number of sulfone groups is 1. The summed E-state index contributed by atoms with van der Waals surface area (Å²) in [7, 11) is -4.51. The molecule has 1 unspecified atom stereocenters. The summed E-state index contributed by atoms with van der Waals surface area (Å²) in [4.78, 5) is 1.88. The van der Waals surface area contributed by atoms with Crippen LogP contribution in [0.1, 0.15) is 19.8 Å². The lowest BCUT2D eigenvalue weighted by Gasteiger charge is -2.30. The van der Waals surface area contributed by atoms with Gasteiger partial charge in [-0.05, 0) is 43.7 Å². The first kappa shape index (κ1) is 16.2. The normalized spacial score (nSPS) is 19.1. The third kappa shape index (κ3) is 3.52. The smallest absolute Gasteiger partial charge is 0.341 e. The van der Waals surface area contributed by atoms with E-state index in [0.717, 1.165) is 38.2 Å². The van der Waals surface area contributed by atoms with Gasteiger partial charge < -0.3 is 10.2 Å². The van der Waals surface area contributed by atoms with Crippen molar-refractivity contribution in [3.05, 3.63) is 24.3 Å². The molecule has 0 radical (unpaired) electrons. The number of anilines is 1. The van der Waals surface area contributed by atoms with E-state index in [-0.39, 0.29) is 4.90 Å². The molecule has 1 saturated heterocycles. The first-order valence-electron chi connectivity index (χ1n) is 7.06. The Morgan fingerprint density at radius 1 is 1.33 bits per heavy atom. The minimum atomic E-state index is -4.51. The fraction of sp³-hybridized carbons (Fsp3) is 0.571. The van der Waals surface area contributed by atoms with E-state index in [1.165, 1.54) is 12.1 Å². The molecule has 1 atom stereocenters. The predicted octanol–water partition coefficient (Wildman–Crippen LogP) is 2.26. The van der Waals surface area contributed by atoms with E-state index in [2.05, 4.69) is 17.1 Å². The maximum atomic E-state index is 12.5. The summed E-state index contributed by atoms with van der Waals surface area (Å²) in [6.45, 7) is 4.78. The molecule has 0 bridgehead atoms.